The molecule has 0 spiro atoms. The Balaban J connectivity index is 2.00. The number of nitrogens with one attached hydrogen (secondary N) is 1. The van der Waals surface area contributed by atoms with Crippen LogP contribution in [0.4, 0.5) is 5.82 Å². The van der Waals surface area contributed by atoms with Gasteiger partial charge in [-0.1, -0.05) is 30.3 Å². The summed E-state index contributed by atoms with van der Waals surface area (Å²) in [6.45, 7) is 2.49. The van der Waals surface area contributed by atoms with E-state index in [-0.39, 0.29) is 6.04 Å². The normalized spacial score (nSPS) is 11.9. The second kappa shape index (κ2) is 7.70. The minimum Gasteiger partial charge on any atom is -0.477 e. The first-order valence-electron chi connectivity index (χ1n) is 6.63. The largest absolute Gasteiger partial charge is 0.477 e. The van der Waals surface area contributed by atoms with Crippen LogP contribution in [0.1, 0.15) is 12.5 Å². The van der Waals surface area contributed by atoms with Crippen LogP contribution >= 0.6 is 11.6 Å². The molecule has 2 rings (SSSR count). The van der Waals surface area contributed by atoms with Gasteiger partial charge >= 0.3 is 0 Å². The molecule has 1 heterocycles. The summed E-state index contributed by atoms with van der Waals surface area (Å²) in [5.74, 6) is 1.69. The maximum atomic E-state index is 6.03. The molecule has 1 aromatic carbocycles. The predicted octanol–water partition coefficient (Wildman–Crippen LogP) is 3.14. The van der Waals surface area contributed by atoms with Crippen LogP contribution in [-0.4, -0.2) is 28.5 Å². The number of ether oxygens (including phenoxy) is 1. The topological polar surface area (TPSA) is 47.0 Å². The van der Waals surface area contributed by atoms with Crippen LogP contribution in [0.2, 0.25) is 0 Å². The predicted molar refractivity (Wildman–Crippen MR) is 81.5 cm³/mol. The molecule has 0 fully saturated rings. The molecule has 0 radical (unpaired) electrons. The van der Waals surface area contributed by atoms with Crippen molar-refractivity contribution in [2.45, 2.75) is 19.4 Å². The van der Waals surface area contributed by atoms with Gasteiger partial charge in [0.1, 0.15) is 5.82 Å². The molecular formula is C15H18ClN3O. The highest BCUT2D eigenvalue weighted by Crippen LogP contribution is 2.13. The molecule has 1 atom stereocenters. The maximum Gasteiger partial charge on any atom is 0.234 e. The van der Waals surface area contributed by atoms with Crippen molar-refractivity contribution >= 4 is 17.4 Å². The van der Waals surface area contributed by atoms with E-state index in [1.54, 1.807) is 12.4 Å². The first-order valence-corrected chi connectivity index (χ1v) is 7.16. The van der Waals surface area contributed by atoms with E-state index in [0.717, 1.165) is 6.42 Å². The van der Waals surface area contributed by atoms with Crippen molar-refractivity contribution in [3.63, 3.8) is 0 Å². The molecule has 20 heavy (non-hydrogen) atoms. The zero-order valence-corrected chi connectivity index (χ0v) is 12.2. The third-order valence-electron chi connectivity index (χ3n) is 2.77. The van der Waals surface area contributed by atoms with Crippen LogP contribution in [0.3, 0.4) is 0 Å². The summed E-state index contributed by atoms with van der Waals surface area (Å²) >= 11 is 6.03. The van der Waals surface area contributed by atoms with Crippen molar-refractivity contribution in [1.82, 2.24) is 9.97 Å². The summed E-state index contributed by atoms with van der Waals surface area (Å²) in [5, 5.41) is 3.29. The maximum absolute atomic E-state index is 6.03. The Labute approximate surface area is 124 Å². The second-order valence-corrected chi connectivity index (χ2v) is 4.67. The molecule has 5 heteroatoms. The van der Waals surface area contributed by atoms with Gasteiger partial charge < -0.3 is 10.1 Å². The van der Waals surface area contributed by atoms with E-state index >= 15 is 0 Å². The van der Waals surface area contributed by atoms with Gasteiger partial charge in [0.05, 0.1) is 19.0 Å². The standard InChI is InChI=1S/C15H18ClN3O/c1-2-20-15-11-17-10-14(19-15)18-13(9-16)8-12-6-4-3-5-7-12/h3-7,10-11,13H,2,8-9H2,1H3,(H,18,19). The van der Waals surface area contributed by atoms with Crippen LogP contribution in [-0.2, 0) is 6.42 Å². The van der Waals surface area contributed by atoms with Crippen molar-refractivity contribution in [1.29, 1.82) is 0 Å². The smallest absolute Gasteiger partial charge is 0.234 e. The van der Waals surface area contributed by atoms with Gasteiger partial charge in [0.2, 0.25) is 5.88 Å². The van der Waals surface area contributed by atoms with Crippen LogP contribution in [0.25, 0.3) is 0 Å². The van der Waals surface area contributed by atoms with E-state index in [0.29, 0.717) is 24.2 Å². The number of benzene rings is 1. The summed E-state index contributed by atoms with van der Waals surface area (Å²) in [7, 11) is 0. The zero-order chi connectivity index (χ0) is 14.2. The molecule has 0 bridgehead atoms. The van der Waals surface area contributed by atoms with Gasteiger partial charge in [-0.25, -0.2) is 0 Å². The Kier molecular flexibility index (Phi) is 5.62. The first kappa shape index (κ1) is 14.6. The van der Waals surface area contributed by atoms with Gasteiger partial charge in [-0.3, -0.25) is 4.98 Å². The number of hydrogen-bond donors (Lipinski definition) is 1. The number of aromatic nitrogens is 2. The van der Waals surface area contributed by atoms with Crippen LogP contribution in [0.15, 0.2) is 42.7 Å². The molecule has 0 saturated carbocycles. The van der Waals surface area contributed by atoms with Gasteiger partial charge in [0.15, 0.2) is 0 Å². The number of hydrogen-bond acceptors (Lipinski definition) is 4. The third-order valence-corrected chi connectivity index (χ3v) is 3.14. The minimum atomic E-state index is 0.102. The summed E-state index contributed by atoms with van der Waals surface area (Å²) in [6, 6.07) is 10.3. The number of nitrogens with zero attached hydrogens (tertiary/aromatic N) is 2. The molecule has 1 aromatic heterocycles. The number of alkyl halides is 1. The number of anilines is 1. The molecule has 1 unspecified atom stereocenters. The average molecular weight is 292 g/mol. The van der Waals surface area contributed by atoms with E-state index in [9.17, 15) is 0 Å². The lowest BCUT2D eigenvalue weighted by Crippen LogP contribution is -2.24. The van der Waals surface area contributed by atoms with E-state index in [4.69, 9.17) is 16.3 Å². The Morgan fingerprint density at radius 1 is 1.25 bits per heavy atom. The highest BCUT2D eigenvalue weighted by atomic mass is 35.5. The Bertz CT molecular complexity index is 522. The fourth-order valence-electron chi connectivity index (χ4n) is 1.89. The summed E-state index contributed by atoms with van der Waals surface area (Å²) < 4.78 is 5.33. The number of rotatable bonds is 7. The van der Waals surface area contributed by atoms with Crippen molar-refractivity contribution in [3.8, 4) is 5.88 Å². The minimum absolute atomic E-state index is 0.102. The van der Waals surface area contributed by atoms with E-state index in [1.165, 1.54) is 5.56 Å². The fourth-order valence-corrected chi connectivity index (χ4v) is 2.07. The van der Waals surface area contributed by atoms with E-state index < -0.39 is 0 Å². The molecule has 0 aliphatic heterocycles. The van der Waals surface area contributed by atoms with Crippen LogP contribution in [0, 0.1) is 0 Å². The van der Waals surface area contributed by atoms with Crippen molar-refractivity contribution in [3.05, 3.63) is 48.3 Å². The molecule has 4 nitrogen and oxygen atoms in total. The Morgan fingerprint density at radius 3 is 2.75 bits per heavy atom. The fraction of sp³-hybridized carbons (Fsp3) is 0.333. The van der Waals surface area contributed by atoms with Crippen LogP contribution < -0.4 is 10.1 Å². The molecule has 2 aromatic rings. The van der Waals surface area contributed by atoms with E-state index in [1.807, 2.05) is 25.1 Å². The van der Waals surface area contributed by atoms with Gasteiger partial charge in [0.25, 0.3) is 0 Å². The molecule has 0 amide bonds. The highest BCUT2D eigenvalue weighted by Gasteiger charge is 2.10. The average Bonchev–Trinajstić information content (AvgIpc) is 2.48. The molecule has 1 N–H and O–H groups in total. The summed E-state index contributed by atoms with van der Waals surface area (Å²) in [6.07, 6.45) is 4.11. The lowest BCUT2D eigenvalue weighted by molar-refractivity contribution is 0.325. The molecule has 0 aliphatic rings. The lowest BCUT2D eigenvalue weighted by Gasteiger charge is -2.17. The van der Waals surface area contributed by atoms with Crippen LogP contribution in [0.5, 0.6) is 5.88 Å². The highest BCUT2D eigenvalue weighted by molar-refractivity contribution is 6.18. The van der Waals surface area contributed by atoms with Gasteiger partial charge in [-0.15, -0.1) is 11.6 Å². The quantitative estimate of drug-likeness (QED) is 0.796. The second-order valence-electron chi connectivity index (χ2n) is 4.36. The molecule has 106 valence electrons. The van der Waals surface area contributed by atoms with Crippen molar-refractivity contribution in [2.24, 2.45) is 0 Å². The molecule has 0 saturated heterocycles. The zero-order valence-electron chi connectivity index (χ0n) is 11.4. The van der Waals surface area contributed by atoms with Gasteiger partial charge in [-0.05, 0) is 18.9 Å². The van der Waals surface area contributed by atoms with E-state index in [2.05, 4.69) is 27.4 Å². The van der Waals surface area contributed by atoms with Gasteiger partial charge in [0, 0.05) is 11.9 Å². The first-order chi connectivity index (χ1) is 9.81. The third kappa shape index (κ3) is 4.38. The lowest BCUT2D eigenvalue weighted by atomic mass is 10.1. The van der Waals surface area contributed by atoms with Crippen molar-refractivity contribution in [2.75, 3.05) is 17.8 Å². The van der Waals surface area contributed by atoms with Gasteiger partial charge in [-0.2, -0.15) is 4.98 Å². The SMILES string of the molecule is CCOc1cncc(NC(CCl)Cc2ccccc2)n1. The Hall–Kier alpha value is -1.81. The molecule has 0 aliphatic carbocycles. The Morgan fingerprint density at radius 2 is 2.05 bits per heavy atom. The summed E-state index contributed by atoms with van der Waals surface area (Å²) in [5.41, 5.74) is 1.24. The molecular weight excluding hydrogens is 274 g/mol. The summed E-state index contributed by atoms with van der Waals surface area (Å²) in [4.78, 5) is 8.44. The van der Waals surface area contributed by atoms with Crippen molar-refractivity contribution < 1.29 is 4.74 Å². The monoisotopic (exact) mass is 291 g/mol. The number of halogens is 1.